The molecule has 1 atom stereocenters. The maximum absolute atomic E-state index is 13.0. The molecular formula is C18H25N3O2S2. The average molecular weight is 380 g/mol. The van der Waals surface area contributed by atoms with Crippen LogP contribution in [0.1, 0.15) is 58.4 Å². The molecule has 2 aromatic heterocycles. The number of nitrogens with zero attached hydrogens (tertiary/aromatic N) is 2. The van der Waals surface area contributed by atoms with E-state index >= 15 is 0 Å². The summed E-state index contributed by atoms with van der Waals surface area (Å²) < 4.78 is 2.58. The van der Waals surface area contributed by atoms with Crippen LogP contribution in [0.5, 0.6) is 0 Å². The van der Waals surface area contributed by atoms with Crippen molar-refractivity contribution in [1.82, 2.24) is 14.9 Å². The highest BCUT2D eigenvalue weighted by atomic mass is 32.2. The van der Waals surface area contributed by atoms with Gasteiger partial charge in [0.05, 0.1) is 11.3 Å². The van der Waals surface area contributed by atoms with E-state index in [1.54, 1.807) is 0 Å². The van der Waals surface area contributed by atoms with Gasteiger partial charge in [0.1, 0.15) is 4.70 Å². The van der Waals surface area contributed by atoms with Crippen LogP contribution in [0.25, 0.3) is 10.2 Å². The molecule has 0 bridgehead atoms. The number of fused-ring (bicyclic) bond motifs is 1. The Hall–Kier alpha value is -1.34. The predicted octanol–water partition coefficient (Wildman–Crippen LogP) is 3.97. The van der Waals surface area contributed by atoms with E-state index in [1.165, 1.54) is 29.5 Å². The Kier molecular flexibility index (Phi) is 6.17. The third-order valence-corrected chi connectivity index (χ3v) is 6.62. The fraction of sp³-hybridized carbons (Fsp3) is 0.611. The minimum Gasteiger partial charge on any atom is -0.353 e. The van der Waals surface area contributed by atoms with Gasteiger partial charge in [0.25, 0.3) is 5.56 Å². The summed E-state index contributed by atoms with van der Waals surface area (Å²) in [6, 6.07) is 2.26. The summed E-state index contributed by atoms with van der Waals surface area (Å²) in [5, 5.41) is 5.57. The van der Waals surface area contributed by atoms with Crippen LogP contribution in [0.4, 0.5) is 0 Å². The van der Waals surface area contributed by atoms with Crippen molar-refractivity contribution in [1.29, 1.82) is 0 Å². The monoisotopic (exact) mass is 379 g/mol. The Bertz CT molecular complexity index is 793. The number of thiophene rings is 1. The van der Waals surface area contributed by atoms with E-state index in [0.717, 1.165) is 42.3 Å². The van der Waals surface area contributed by atoms with Gasteiger partial charge in [-0.25, -0.2) is 4.98 Å². The van der Waals surface area contributed by atoms with Gasteiger partial charge in [0.15, 0.2) is 5.16 Å². The summed E-state index contributed by atoms with van der Waals surface area (Å²) in [6.45, 7) is 4.04. The molecule has 0 aromatic carbocycles. The summed E-state index contributed by atoms with van der Waals surface area (Å²) in [5.41, 5.74) is 0.795. The van der Waals surface area contributed by atoms with Crippen LogP contribution in [0.2, 0.25) is 0 Å². The lowest BCUT2D eigenvalue weighted by Gasteiger charge is -2.25. The van der Waals surface area contributed by atoms with E-state index in [0.29, 0.717) is 10.9 Å². The van der Waals surface area contributed by atoms with Crippen molar-refractivity contribution in [2.45, 2.75) is 69.6 Å². The first kappa shape index (κ1) is 18.5. The Morgan fingerprint density at radius 3 is 2.92 bits per heavy atom. The molecule has 0 aliphatic heterocycles. The molecule has 0 radical (unpaired) electrons. The van der Waals surface area contributed by atoms with Crippen LogP contribution in [0, 0.1) is 0 Å². The van der Waals surface area contributed by atoms with Crippen LogP contribution in [0.3, 0.4) is 0 Å². The highest BCUT2D eigenvalue weighted by Gasteiger charge is 2.22. The molecule has 1 N–H and O–H groups in total. The number of thioether (sulfide) groups is 1. The molecule has 136 valence electrons. The Morgan fingerprint density at radius 2 is 2.20 bits per heavy atom. The minimum absolute atomic E-state index is 0.00536. The molecule has 3 rings (SSSR count). The summed E-state index contributed by atoms with van der Waals surface area (Å²) in [7, 11) is 0. The van der Waals surface area contributed by atoms with Gasteiger partial charge in [-0.05, 0) is 37.6 Å². The molecule has 1 aliphatic carbocycles. The zero-order valence-electron chi connectivity index (χ0n) is 14.8. The van der Waals surface area contributed by atoms with Crippen molar-refractivity contribution in [3.05, 3.63) is 21.8 Å². The molecule has 2 aromatic rings. The number of amides is 1. The topological polar surface area (TPSA) is 64.0 Å². The predicted molar refractivity (Wildman–Crippen MR) is 105 cm³/mol. The van der Waals surface area contributed by atoms with Crippen LogP contribution < -0.4 is 10.9 Å². The molecule has 2 heterocycles. The van der Waals surface area contributed by atoms with Gasteiger partial charge < -0.3 is 5.32 Å². The van der Waals surface area contributed by atoms with E-state index in [1.807, 2.05) is 29.9 Å². The highest BCUT2D eigenvalue weighted by molar-refractivity contribution is 7.99. The van der Waals surface area contributed by atoms with Gasteiger partial charge in [-0.15, -0.1) is 11.3 Å². The number of nitrogens with one attached hydrogen (secondary N) is 1. The third kappa shape index (κ3) is 4.26. The van der Waals surface area contributed by atoms with Crippen molar-refractivity contribution < 1.29 is 4.79 Å². The van der Waals surface area contributed by atoms with Crippen LogP contribution in [0.15, 0.2) is 21.4 Å². The minimum atomic E-state index is -0.00536. The van der Waals surface area contributed by atoms with E-state index in [9.17, 15) is 9.59 Å². The average Bonchev–Trinajstić information content (AvgIpc) is 3.09. The van der Waals surface area contributed by atoms with Gasteiger partial charge >= 0.3 is 0 Å². The number of carbonyl (C=O) groups is 1. The van der Waals surface area contributed by atoms with E-state index in [4.69, 9.17) is 4.98 Å². The highest BCUT2D eigenvalue weighted by Crippen LogP contribution is 2.31. The summed E-state index contributed by atoms with van der Waals surface area (Å²) in [4.78, 5) is 29.8. The molecule has 1 amide bonds. The molecule has 1 unspecified atom stereocenters. The Balaban J connectivity index is 1.87. The molecule has 0 saturated heterocycles. The molecule has 1 fully saturated rings. The first-order chi connectivity index (χ1) is 12.1. The van der Waals surface area contributed by atoms with Crippen molar-refractivity contribution >= 4 is 39.2 Å². The van der Waals surface area contributed by atoms with Crippen molar-refractivity contribution in [3.8, 4) is 0 Å². The lowest BCUT2D eigenvalue weighted by atomic mass is 9.95. The van der Waals surface area contributed by atoms with Crippen molar-refractivity contribution in [3.63, 3.8) is 0 Å². The maximum atomic E-state index is 13.0. The normalized spacial score (nSPS) is 16.9. The van der Waals surface area contributed by atoms with E-state index in [-0.39, 0.29) is 23.6 Å². The third-order valence-electron chi connectivity index (χ3n) is 4.77. The first-order valence-electron chi connectivity index (χ1n) is 9.02. The zero-order valence-corrected chi connectivity index (χ0v) is 16.4. The Labute approximate surface area is 156 Å². The van der Waals surface area contributed by atoms with Gasteiger partial charge in [0, 0.05) is 12.1 Å². The summed E-state index contributed by atoms with van der Waals surface area (Å²) >= 11 is 2.83. The van der Waals surface area contributed by atoms with Crippen LogP contribution >= 0.6 is 23.1 Å². The Morgan fingerprint density at radius 1 is 1.44 bits per heavy atom. The second-order valence-corrected chi connectivity index (χ2v) is 8.52. The van der Waals surface area contributed by atoms with Crippen molar-refractivity contribution in [2.24, 2.45) is 0 Å². The maximum Gasteiger partial charge on any atom is 0.272 e. The lowest BCUT2D eigenvalue weighted by molar-refractivity contribution is -0.119. The molecule has 0 spiro atoms. The fourth-order valence-corrected chi connectivity index (χ4v) is 4.86. The second kappa shape index (κ2) is 8.36. The molecule has 25 heavy (non-hydrogen) atoms. The van der Waals surface area contributed by atoms with Gasteiger partial charge in [-0.1, -0.05) is 37.9 Å². The van der Waals surface area contributed by atoms with Crippen molar-refractivity contribution in [2.75, 3.05) is 5.75 Å². The number of carbonyl (C=O) groups excluding carboxylic acids is 1. The standard InChI is InChI=1S/C18H25N3O2S2/c1-3-12(2)19-15(22)11-25-18-20-14-9-10-24-16(14)17(23)21(18)13-7-5-4-6-8-13/h9-10,12-13H,3-8,11H2,1-2H3,(H,19,22). The van der Waals surface area contributed by atoms with E-state index in [2.05, 4.69) is 5.32 Å². The number of hydrogen-bond donors (Lipinski definition) is 1. The quantitative estimate of drug-likeness (QED) is 0.609. The SMILES string of the molecule is CCC(C)NC(=O)CSc1nc2ccsc2c(=O)n1C1CCCCC1. The van der Waals surface area contributed by atoms with Crippen LogP contribution in [-0.4, -0.2) is 27.3 Å². The number of hydrogen-bond acceptors (Lipinski definition) is 5. The largest absolute Gasteiger partial charge is 0.353 e. The number of rotatable bonds is 6. The first-order valence-corrected chi connectivity index (χ1v) is 10.9. The lowest BCUT2D eigenvalue weighted by Crippen LogP contribution is -2.34. The van der Waals surface area contributed by atoms with Gasteiger partial charge in [-0.3, -0.25) is 14.2 Å². The van der Waals surface area contributed by atoms with Gasteiger partial charge in [-0.2, -0.15) is 0 Å². The molecule has 5 nitrogen and oxygen atoms in total. The summed E-state index contributed by atoms with van der Waals surface area (Å²) in [5.74, 6) is 0.285. The van der Waals surface area contributed by atoms with E-state index < -0.39 is 0 Å². The fourth-order valence-electron chi connectivity index (χ4n) is 3.22. The zero-order chi connectivity index (χ0) is 17.8. The van der Waals surface area contributed by atoms with Crippen LogP contribution in [-0.2, 0) is 4.79 Å². The molecular weight excluding hydrogens is 354 g/mol. The second-order valence-electron chi connectivity index (χ2n) is 6.66. The summed E-state index contributed by atoms with van der Waals surface area (Å²) in [6.07, 6.45) is 6.48. The number of aromatic nitrogens is 2. The molecule has 1 aliphatic rings. The van der Waals surface area contributed by atoms with Gasteiger partial charge in [0.2, 0.25) is 5.91 Å². The molecule has 1 saturated carbocycles. The molecule has 7 heteroatoms. The smallest absolute Gasteiger partial charge is 0.272 e.